The molecular formula is C19H21BrClNO4S. The van der Waals surface area contributed by atoms with Crippen molar-refractivity contribution in [2.75, 3.05) is 13.0 Å². The molecule has 0 aliphatic carbocycles. The lowest BCUT2D eigenvalue weighted by molar-refractivity contribution is -0.141. The summed E-state index contributed by atoms with van der Waals surface area (Å²) in [6, 6.07) is 13.0. The number of ether oxygens (including phenoxy) is 1. The van der Waals surface area contributed by atoms with Crippen molar-refractivity contribution in [2.24, 2.45) is 0 Å². The Kier molecular flexibility index (Phi) is 8.28. The van der Waals surface area contributed by atoms with Crippen LogP contribution in [0, 0.1) is 0 Å². The Morgan fingerprint density at radius 1 is 1.15 bits per heavy atom. The van der Waals surface area contributed by atoms with Crippen molar-refractivity contribution < 1.29 is 17.9 Å². The largest absolute Gasteiger partial charge is 0.469 e. The summed E-state index contributed by atoms with van der Waals surface area (Å²) in [6.07, 6.45) is 1.52. The van der Waals surface area contributed by atoms with E-state index in [1.54, 1.807) is 48.5 Å². The van der Waals surface area contributed by atoms with Gasteiger partial charge in [-0.2, -0.15) is 0 Å². The first-order chi connectivity index (χ1) is 12.9. The number of sulfonamides is 1. The minimum Gasteiger partial charge on any atom is -0.469 e. The first-order valence-electron chi connectivity index (χ1n) is 8.35. The van der Waals surface area contributed by atoms with Gasteiger partial charge in [0.1, 0.15) is 0 Å². The summed E-state index contributed by atoms with van der Waals surface area (Å²) in [6.45, 7) is 0. The smallest absolute Gasteiger partial charge is 0.307 e. The molecule has 0 aliphatic rings. The van der Waals surface area contributed by atoms with Crippen LogP contribution in [0.2, 0.25) is 0 Å². The van der Waals surface area contributed by atoms with Crippen LogP contribution in [0.1, 0.15) is 30.0 Å². The molecule has 5 nitrogen and oxygen atoms in total. The summed E-state index contributed by atoms with van der Waals surface area (Å²) in [5, 5.41) is 0. The number of hydrogen-bond donors (Lipinski definition) is 1. The highest BCUT2D eigenvalue weighted by atomic mass is 79.9. The number of nitrogens with one attached hydrogen (secondary N) is 1. The Morgan fingerprint density at radius 2 is 1.78 bits per heavy atom. The molecule has 1 N–H and O–H groups in total. The molecule has 2 aromatic carbocycles. The molecule has 146 valence electrons. The van der Waals surface area contributed by atoms with E-state index in [1.807, 2.05) is 0 Å². The fourth-order valence-corrected chi connectivity index (χ4v) is 4.16. The summed E-state index contributed by atoms with van der Waals surface area (Å²) >= 11 is 9.03. The lowest BCUT2D eigenvalue weighted by Gasteiger charge is -2.18. The molecule has 1 unspecified atom stereocenters. The van der Waals surface area contributed by atoms with Gasteiger partial charge in [-0.25, -0.2) is 13.1 Å². The van der Waals surface area contributed by atoms with Crippen LogP contribution >= 0.6 is 27.5 Å². The fourth-order valence-electron chi connectivity index (χ4n) is 2.53. The third-order valence-corrected chi connectivity index (χ3v) is 6.28. The molecule has 8 heteroatoms. The van der Waals surface area contributed by atoms with Gasteiger partial charge in [0.15, 0.2) is 0 Å². The van der Waals surface area contributed by atoms with Crippen LogP contribution in [0.25, 0.3) is 0 Å². The van der Waals surface area contributed by atoms with Crippen LogP contribution in [-0.4, -0.2) is 27.4 Å². The first kappa shape index (κ1) is 21.9. The standard InChI is InChI=1S/C19H21BrClNO4S/c1-26-19(23)13-18(15-6-8-16(20)9-7-15)22-27(24,25)17-10-4-14(5-11-17)3-2-12-21/h4-11,18,22H,2-3,12-13H2,1H3. The average molecular weight is 475 g/mol. The van der Waals surface area contributed by atoms with Gasteiger partial charge in [-0.3, -0.25) is 4.79 Å². The predicted molar refractivity (Wildman–Crippen MR) is 109 cm³/mol. The molecule has 1 atom stereocenters. The maximum atomic E-state index is 12.8. The summed E-state index contributed by atoms with van der Waals surface area (Å²) in [5.41, 5.74) is 1.69. The van der Waals surface area contributed by atoms with E-state index in [9.17, 15) is 13.2 Å². The van der Waals surface area contributed by atoms with Crippen LogP contribution in [0.4, 0.5) is 0 Å². The van der Waals surface area contributed by atoms with Gasteiger partial charge in [-0.05, 0) is 48.2 Å². The highest BCUT2D eigenvalue weighted by molar-refractivity contribution is 9.10. The van der Waals surface area contributed by atoms with Crippen LogP contribution in [-0.2, 0) is 26.0 Å². The molecule has 0 aromatic heterocycles. The normalized spacial score (nSPS) is 12.6. The molecule has 0 bridgehead atoms. The Morgan fingerprint density at radius 3 is 2.33 bits per heavy atom. The summed E-state index contributed by atoms with van der Waals surface area (Å²) in [5.74, 6) is 0.0614. The number of rotatable bonds is 9. The molecule has 0 fully saturated rings. The zero-order chi connectivity index (χ0) is 19.9. The van der Waals surface area contributed by atoms with Crippen LogP contribution < -0.4 is 4.72 Å². The number of methoxy groups -OCH3 is 1. The van der Waals surface area contributed by atoms with E-state index in [0.717, 1.165) is 22.9 Å². The highest BCUT2D eigenvalue weighted by Crippen LogP contribution is 2.23. The molecule has 2 aromatic rings. The molecule has 0 radical (unpaired) electrons. The third-order valence-electron chi connectivity index (χ3n) is 4.00. The van der Waals surface area contributed by atoms with E-state index in [2.05, 4.69) is 20.7 Å². The van der Waals surface area contributed by atoms with Crippen molar-refractivity contribution in [3.63, 3.8) is 0 Å². The van der Waals surface area contributed by atoms with Crippen molar-refractivity contribution in [1.29, 1.82) is 0 Å². The number of halogens is 2. The molecule has 0 aliphatic heterocycles. The number of hydrogen-bond acceptors (Lipinski definition) is 4. The van der Waals surface area contributed by atoms with Gasteiger partial charge >= 0.3 is 5.97 Å². The summed E-state index contributed by atoms with van der Waals surface area (Å²) in [7, 11) is -2.53. The van der Waals surface area contributed by atoms with Crippen molar-refractivity contribution in [3.8, 4) is 0 Å². The Hall–Kier alpha value is -1.41. The lowest BCUT2D eigenvalue weighted by Crippen LogP contribution is -2.30. The number of aryl methyl sites for hydroxylation is 1. The minimum absolute atomic E-state index is 0.106. The number of benzene rings is 2. The van der Waals surface area contributed by atoms with E-state index < -0.39 is 22.0 Å². The zero-order valence-corrected chi connectivity index (χ0v) is 18.0. The monoisotopic (exact) mass is 473 g/mol. The number of esters is 1. The predicted octanol–water partition coefficient (Wildman–Crippen LogP) is 4.20. The number of carbonyl (C=O) groups is 1. The van der Waals surface area contributed by atoms with Crippen LogP contribution in [0.3, 0.4) is 0 Å². The van der Waals surface area contributed by atoms with Crippen molar-refractivity contribution in [2.45, 2.75) is 30.2 Å². The quantitative estimate of drug-likeness (QED) is 0.437. The summed E-state index contributed by atoms with van der Waals surface area (Å²) in [4.78, 5) is 11.9. The van der Waals surface area contributed by atoms with Crippen molar-refractivity contribution >= 4 is 43.5 Å². The van der Waals surface area contributed by atoms with E-state index in [4.69, 9.17) is 16.3 Å². The minimum atomic E-state index is -3.80. The lowest BCUT2D eigenvalue weighted by atomic mass is 10.1. The zero-order valence-electron chi connectivity index (χ0n) is 14.8. The van der Waals surface area contributed by atoms with Crippen molar-refractivity contribution in [1.82, 2.24) is 4.72 Å². The van der Waals surface area contributed by atoms with E-state index >= 15 is 0 Å². The topological polar surface area (TPSA) is 72.5 Å². The average Bonchev–Trinajstić information content (AvgIpc) is 2.66. The molecular weight excluding hydrogens is 454 g/mol. The van der Waals surface area contributed by atoms with Gasteiger partial charge in [0, 0.05) is 10.4 Å². The van der Waals surface area contributed by atoms with Gasteiger partial charge < -0.3 is 4.74 Å². The molecule has 0 heterocycles. The second-order valence-corrected chi connectivity index (χ2v) is 8.95. The highest BCUT2D eigenvalue weighted by Gasteiger charge is 2.24. The molecule has 0 saturated heterocycles. The number of alkyl halides is 1. The molecule has 0 saturated carbocycles. The van der Waals surface area contributed by atoms with Gasteiger partial charge in [-0.15, -0.1) is 11.6 Å². The second kappa shape index (κ2) is 10.2. The van der Waals surface area contributed by atoms with E-state index in [1.165, 1.54) is 7.11 Å². The van der Waals surface area contributed by atoms with E-state index in [-0.39, 0.29) is 11.3 Å². The van der Waals surface area contributed by atoms with Crippen LogP contribution in [0.15, 0.2) is 57.9 Å². The SMILES string of the molecule is COC(=O)CC(NS(=O)(=O)c1ccc(CCCCl)cc1)c1ccc(Br)cc1. The first-order valence-corrected chi connectivity index (χ1v) is 11.2. The Labute approximate surface area is 173 Å². The van der Waals surface area contributed by atoms with Gasteiger partial charge in [-0.1, -0.05) is 40.2 Å². The molecule has 2 rings (SSSR count). The third kappa shape index (κ3) is 6.60. The fraction of sp³-hybridized carbons (Fsp3) is 0.316. The maximum Gasteiger partial charge on any atom is 0.307 e. The molecule has 0 amide bonds. The maximum absolute atomic E-state index is 12.8. The molecule has 27 heavy (non-hydrogen) atoms. The Bertz CT molecular complexity index is 854. The van der Waals surface area contributed by atoms with Crippen LogP contribution in [0.5, 0.6) is 0 Å². The Balaban J connectivity index is 2.23. The van der Waals surface area contributed by atoms with Gasteiger partial charge in [0.2, 0.25) is 10.0 Å². The second-order valence-electron chi connectivity index (χ2n) is 5.94. The van der Waals surface area contributed by atoms with Gasteiger partial charge in [0.05, 0.1) is 24.5 Å². The van der Waals surface area contributed by atoms with Crippen molar-refractivity contribution in [3.05, 3.63) is 64.1 Å². The summed E-state index contributed by atoms with van der Waals surface area (Å²) < 4.78 is 33.7. The number of carbonyl (C=O) groups excluding carboxylic acids is 1. The molecule has 0 spiro atoms. The van der Waals surface area contributed by atoms with E-state index in [0.29, 0.717) is 11.4 Å². The van der Waals surface area contributed by atoms with Gasteiger partial charge in [0.25, 0.3) is 0 Å².